The quantitative estimate of drug-likeness (QED) is 0.398. The molecule has 1 amide bonds. The molecule has 0 saturated carbocycles. The number of aromatic nitrogens is 2. The van der Waals surface area contributed by atoms with Gasteiger partial charge in [0.1, 0.15) is 0 Å². The van der Waals surface area contributed by atoms with E-state index in [2.05, 4.69) is 17.4 Å². The molecule has 5 nitrogen and oxygen atoms in total. The van der Waals surface area contributed by atoms with Crippen molar-refractivity contribution < 1.29 is 4.79 Å². The fourth-order valence-electron chi connectivity index (χ4n) is 1.18. The second-order valence-electron chi connectivity index (χ2n) is 2.84. The predicted octanol–water partition coefficient (Wildman–Crippen LogP) is 0.205. The lowest BCUT2D eigenvalue weighted by atomic mass is 10.2. The summed E-state index contributed by atoms with van der Waals surface area (Å²) >= 11 is 0. The summed E-state index contributed by atoms with van der Waals surface area (Å²) in [6.45, 7) is 4.74. The lowest BCUT2D eigenvalue weighted by Crippen LogP contribution is -2.30. The van der Waals surface area contributed by atoms with Crippen LogP contribution in [-0.2, 0) is 6.54 Å². The molecule has 0 aliphatic carbocycles. The molecule has 13 heavy (non-hydrogen) atoms. The molecule has 1 aromatic heterocycles. The molecule has 1 aromatic rings. The van der Waals surface area contributed by atoms with Gasteiger partial charge in [-0.2, -0.15) is 5.10 Å². The Morgan fingerprint density at radius 1 is 1.77 bits per heavy atom. The molecule has 0 aliphatic heterocycles. The smallest absolute Gasteiger partial charge is 0.268 e. The number of nitrogen functional groups attached to an aromatic ring is 1. The van der Waals surface area contributed by atoms with Crippen molar-refractivity contribution in [3.8, 4) is 0 Å². The molecular weight excluding hydrogens is 168 g/mol. The minimum absolute atomic E-state index is 0.292. The molecule has 0 aliphatic rings. The van der Waals surface area contributed by atoms with Crippen molar-refractivity contribution in [2.24, 2.45) is 5.84 Å². The van der Waals surface area contributed by atoms with Gasteiger partial charge in [-0.3, -0.25) is 14.9 Å². The van der Waals surface area contributed by atoms with Gasteiger partial charge in [-0.15, -0.1) is 0 Å². The highest BCUT2D eigenvalue weighted by Crippen LogP contribution is 2.06. The van der Waals surface area contributed by atoms with E-state index in [1.165, 1.54) is 6.20 Å². The molecule has 0 radical (unpaired) electrons. The third-order valence-corrected chi connectivity index (χ3v) is 1.91. The number of aryl methyl sites for hydroxylation is 1. The van der Waals surface area contributed by atoms with Crippen molar-refractivity contribution in [1.82, 2.24) is 15.2 Å². The maximum atomic E-state index is 11.2. The molecule has 0 bridgehead atoms. The molecule has 5 heteroatoms. The number of hydrogen-bond acceptors (Lipinski definition) is 3. The summed E-state index contributed by atoms with van der Waals surface area (Å²) in [5, 5.41) is 4.07. The van der Waals surface area contributed by atoms with Gasteiger partial charge in [0.05, 0.1) is 11.8 Å². The van der Waals surface area contributed by atoms with E-state index in [0.717, 1.165) is 18.7 Å². The number of carbonyl (C=O) groups excluding carboxylic acids is 1. The van der Waals surface area contributed by atoms with Gasteiger partial charge >= 0.3 is 0 Å². The molecular formula is C8H14N4O. The minimum Gasteiger partial charge on any atom is -0.290 e. The first-order chi connectivity index (χ1) is 6.20. The predicted molar refractivity (Wildman–Crippen MR) is 48.9 cm³/mol. The summed E-state index contributed by atoms with van der Waals surface area (Å²) in [7, 11) is 0. The van der Waals surface area contributed by atoms with E-state index in [1.807, 2.05) is 6.92 Å². The molecule has 0 unspecified atom stereocenters. The number of hydrogen-bond donors (Lipinski definition) is 2. The summed E-state index contributed by atoms with van der Waals surface area (Å²) in [6, 6.07) is 0. The first kappa shape index (κ1) is 9.73. The van der Waals surface area contributed by atoms with E-state index in [-0.39, 0.29) is 5.91 Å². The van der Waals surface area contributed by atoms with Crippen LogP contribution in [0.15, 0.2) is 6.20 Å². The van der Waals surface area contributed by atoms with Gasteiger partial charge < -0.3 is 0 Å². The van der Waals surface area contributed by atoms with Crippen LogP contribution in [0.4, 0.5) is 0 Å². The summed E-state index contributed by atoms with van der Waals surface area (Å²) in [6.07, 6.45) is 2.53. The Bertz CT molecular complexity index is 305. The molecule has 0 spiro atoms. The van der Waals surface area contributed by atoms with E-state index >= 15 is 0 Å². The number of amides is 1. The highest BCUT2D eigenvalue weighted by Gasteiger charge is 2.11. The Morgan fingerprint density at radius 2 is 2.46 bits per heavy atom. The number of nitrogens with two attached hydrogens (primary N) is 1. The number of nitrogens with one attached hydrogen (secondary N) is 1. The van der Waals surface area contributed by atoms with Crippen molar-refractivity contribution in [2.75, 3.05) is 0 Å². The van der Waals surface area contributed by atoms with Crippen LogP contribution in [-0.4, -0.2) is 15.7 Å². The van der Waals surface area contributed by atoms with Gasteiger partial charge in [0.15, 0.2) is 0 Å². The average Bonchev–Trinajstić information content (AvgIpc) is 2.48. The summed E-state index contributed by atoms with van der Waals surface area (Å²) in [4.78, 5) is 11.2. The Morgan fingerprint density at radius 3 is 3.00 bits per heavy atom. The van der Waals surface area contributed by atoms with Crippen LogP contribution in [0.25, 0.3) is 0 Å². The first-order valence-corrected chi connectivity index (χ1v) is 4.24. The molecule has 1 heterocycles. The van der Waals surface area contributed by atoms with Crippen molar-refractivity contribution >= 4 is 5.91 Å². The highest BCUT2D eigenvalue weighted by molar-refractivity contribution is 5.94. The van der Waals surface area contributed by atoms with Crippen molar-refractivity contribution in [3.63, 3.8) is 0 Å². The van der Waals surface area contributed by atoms with Crippen LogP contribution in [0.2, 0.25) is 0 Å². The van der Waals surface area contributed by atoms with Crippen LogP contribution < -0.4 is 11.3 Å². The maximum Gasteiger partial charge on any atom is 0.268 e. The minimum atomic E-state index is -0.292. The number of nitrogens with zero attached hydrogens (tertiary/aromatic N) is 2. The average molecular weight is 182 g/mol. The standard InChI is InChI=1S/C8H14N4O/c1-3-4-12-6(2)7(5-10-12)8(13)11-9/h5H,3-4,9H2,1-2H3,(H,11,13). The fourth-order valence-corrected chi connectivity index (χ4v) is 1.18. The van der Waals surface area contributed by atoms with E-state index in [1.54, 1.807) is 4.68 Å². The third-order valence-electron chi connectivity index (χ3n) is 1.91. The third kappa shape index (κ3) is 1.86. The van der Waals surface area contributed by atoms with Gasteiger partial charge in [0.2, 0.25) is 0 Å². The zero-order valence-electron chi connectivity index (χ0n) is 7.87. The van der Waals surface area contributed by atoms with Gasteiger partial charge in [0, 0.05) is 12.2 Å². The van der Waals surface area contributed by atoms with E-state index in [0.29, 0.717) is 5.56 Å². The van der Waals surface area contributed by atoms with E-state index < -0.39 is 0 Å². The molecule has 72 valence electrons. The second-order valence-corrected chi connectivity index (χ2v) is 2.84. The summed E-state index contributed by atoms with van der Waals surface area (Å²) < 4.78 is 1.80. The zero-order chi connectivity index (χ0) is 9.84. The molecule has 0 atom stereocenters. The maximum absolute atomic E-state index is 11.2. The van der Waals surface area contributed by atoms with Gasteiger partial charge in [-0.05, 0) is 13.3 Å². The van der Waals surface area contributed by atoms with Crippen LogP contribution in [0.1, 0.15) is 29.4 Å². The Hall–Kier alpha value is -1.36. The highest BCUT2D eigenvalue weighted by atomic mass is 16.2. The molecule has 0 saturated heterocycles. The molecule has 3 N–H and O–H groups in total. The van der Waals surface area contributed by atoms with Crippen LogP contribution in [0, 0.1) is 6.92 Å². The second kappa shape index (κ2) is 4.04. The van der Waals surface area contributed by atoms with Gasteiger partial charge in [-0.25, -0.2) is 5.84 Å². The number of carbonyl (C=O) groups is 1. The lowest BCUT2D eigenvalue weighted by molar-refractivity contribution is 0.0953. The van der Waals surface area contributed by atoms with Crippen LogP contribution in [0.5, 0.6) is 0 Å². The SMILES string of the molecule is CCCn1ncc(C(=O)NN)c1C. The largest absolute Gasteiger partial charge is 0.290 e. The van der Waals surface area contributed by atoms with Crippen LogP contribution >= 0.6 is 0 Å². The Balaban J connectivity index is 2.92. The van der Waals surface area contributed by atoms with E-state index in [9.17, 15) is 4.79 Å². The topological polar surface area (TPSA) is 72.9 Å². The number of hydrazine groups is 1. The normalized spacial score (nSPS) is 10.1. The van der Waals surface area contributed by atoms with Gasteiger partial charge in [-0.1, -0.05) is 6.92 Å². The molecule has 1 rings (SSSR count). The lowest BCUT2D eigenvalue weighted by Gasteiger charge is -2.02. The summed E-state index contributed by atoms with van der Waals surface area (Å²) in [5.41, 5.74) is 3.47. The van der Waals surface area contributed by atoms with E-state index in [4.69, 9.17) is 5.84 Å². The van der Waals surface area contributed by atoms with Crippen LogP contribution in [0.3, 0.4) is 0 Å². The van der Waals surface area contributed by atoms with Crippen molar-refractivity contribution in [1.29, 1.82) is 0 Å². The molecule has 0 aromatic carbocycles. The monoisotopic (exact) mass is 182 g/mol. The Kier molecular flexibility index (Phi) is 3.02. The fraction of sp³-hybridized carbons (Fsp3) is 0.500. The first-order valence-electron chi connectivity index (χ1n) is 4.24. The number of rotatable bonds is 3. The Labute approximate surface area is 76.9 Å². The van der Waals surface area contributed by atoms with Gasteiger partial charge in [0.25, 0.3) is 5.91 Å². The van der Waals surface area contributed by atoms with Crippen molar-refractivity contribution in [2.45, 2.75) is 26.8 Å². The summed E-state index contributed by atoms with van der Waals surface area (Å²) in [5.74, 6) is 4.73. The zero-order valence-corrected chi connectivity index (χ0v) is 7.87. The van der Waals surface area contributed by atoms with Crippen molar-refractivity contribution in [3.05, 3.63) is 17.5 Å². The molecule has 0 fully saturated rings.